The first-order valence-electron chi connectivity index (χ1n) is 5.91. The summed E-state index contributed by atoms with van der Waals surface area (Å²) in [5, 5.41) is 0.754. The van der Waals surface area contributed by atoms with Crippen molar-refractivity contribution in [2.75, 3.05) is 13.6 Å². The molecule has 0 aromatic heterocycles. The molecule has 0 aliphatic carbocycles. The van der Waals surface area contributed by atoms with Gasteiger partial charge >= 0.3 is 0 Å². The van der Waals surface area contributed by atoms with E-state index in [1.165, 1.54) is 0 Å². The van der Waals surface area contributed by atoms with Crippen LogP contribution in [0.3, 0.4) is 0 Å². The van der Waals surface area contributed by atoms with Gasteiger partial charge in [0.2, 0.25) is 0 Å². The number of Topliss-reactive ketones (excluding diaryl/α,β-unsaturated/α-hetero) is 1. The van der Waals surface area contributed by atoms with E-state index in [9.17, 15) is 4.79 Å². The molecule has 1 rings (SSSR count). The van der Waals surface area contributed by atoms with Crippen molar-refractivity contribution in [3.63, 3.8) is 0 Å². The normalized spacial score (nSPS) is 13.1. The lowest BCUT2D eigenvalue weighted by Crippen LogP contribution is -2.31. The number of likely N-dealkylation sites (N-methyl/N-ethyl adjacent to an activating group) is 1. The lowest BCUT2D eigenvalue weighted by molar-refractivity contribution is -0.123. The third-order valence-corrected chi connectivity index (χ3v) is 3.41. The summed E-state index contributed by atoms with van der Waals surface area (Å²) in [5.41, 5.74) is 1.06. The van der Waals surface area contributed by atoms with Crippen LogP contribution in [0.5, 0.6) is 0 Å². The zero-order valence-electron chi connectivity index (χ0n) is 10.9. The Morgan fingerprint density at radius 1 is 1.29 bits per heavy atom. The molecule has 0 saturated carbocycles. The van der Waals surface area contributed by atoms with E-state index >= 15 is 0 Å². The fourth-order valence-electron chi connectivity index (χ4n) is 1.62. The quantitative estimate of drug-likeness (QED) is 0.800. The predicted octanol–water partition coefficient (Wildman–Crippen LogP) is 3.56. The smallest absolute Gasteiger partial charge is 0.149 e. The van der Waals surface area contributed by atoms with Crippen LogP contribution in [0.15, 0.2) is 24.3 Å². The highest BCUT2D eigenvalue weighted by Gasteiger charge is 2.18. The Morgan fingerprint density at radius 3 is 2.41 bits per heavy atom. The minimum absolute atomic E-state index is 0.0795. The van der Waals surface area contributed by atoms with Crippen LogP contribution in [-0.4, -0.2) is 24.3 Å². The van der Waals surface area contributed by atoms with E-state index < -0.39 is 0 Å². The van der Waals surface area contributed by atoms with Crippen molar-refractivity contribution >= 4 is 17.4 Å². The van der Waals surface area contributed by atoms with Crippen molar-refractivity contribution in [1.82, 2.24) is 4.90 Å². The molecule has 0 radical (unpaired) electrons. The zero-order chi connectivity index (χ0) is 13.0. The third kappa shape index (κ3) is 3.83. The molecular weight excluding hydrogens is 234 g/mol. The molecule has 0 aliphatic heterocycles. The number of rotatable bonds is 5. The fraction of sp³-hybridized carbons (Fsp3) is 0.500. The first kappa shape index (κ1) is 14.2. The van der Waals surface area contributed by atoms with Gasteiger partial charge in [0.05, 0.1) is 6.54 Å². The number of carbonyl (C=O) groups is 1. The van der Waals surface area contributed by atoms with Crippen LogP contribution in [0.1, 0.15) is 32.4 Å². The number of ketones is 1. The molecule has 1 aromatic rings. The molecule has 0 spiro atoms. The minimum Gasteiger partial charge on any atom is -0.298 e. The number of halogens is 1. The highest BCUT2D eigenvalue weighted by molar-refractivity contribution is 6.31. The van der Waals surface area contributed by atoms with Gasteiger partial charge in [-0.2, -0.15) is 0 Å². The Bertz CT molecular complexity index is 390. The highest BCUT2D eigenvalue weighted by Crippen LogP contribution is 2.26. The topological polar surface area (TPSA) is 20.3 Å². The molecule has 0 saturated heterocycles. The Labute approximate surface area is 109 Å². The summed E-state index contributed by atoms with van der Waals surface area (Å²) in [6.45, 7) is 6.38. The van der Waals surface area contributed by atoms with Gasteiger partial charge in [-0.25, -0.2) is 0 Å². The van der Waals surface area contributed by atoms with Gasteiger partial charge in [-0.15, -0.1) is 0 Å². The Morgan fingerprint density at radius 2 is 1.88 bits per heavy atom. The summed E-state index contributed by atoms with van der Waals surface area (Å²) < 4.78 is 0. The van der Waals surface area contributed by atoms with Gasteiger partial charge < -0.3 is 0 Å². The van der Waals surface area contributed by atoms with Crippen LogP contribution in [0, 0.1) is 5.92 Å². The SMILES string of the molecule is CC(C)C(=O)CN(C)C(C)c1ccccc1Cl. The van der Waals surface area contributed by atoms with Gasteiger partial charge in [-0.1, -0.05) is 43.6 Å². The molecule has 3 heteroatoms. The van der Waals surface area contributed by atoms with E-state index in [0.717, 1.165) is 10.6 Å². The molecule has 0 aliphatic rings. The molecule has 1 aromatic carbocycles. The van der Waals surface area contributed by atoms with Crippen LogP contribution in [0.2, 0.25) is 5.02 Å². The van der Waals surface area contributed by atoms with Crippen LogP contribution in [-0.2, 0) is 4.79 Å². The van der Waals surface area contributed by atoms with E-state index in [2.05, 4.69) is 6.92 Å². The lowest BCUT2D eigenvalue weighted by Gasteiger charge is -2.25. The second-order valence-corrected chi connectivity index (χ2v) is 5.14. The molecule has 94 valence electrons. The molecule has 0 fully saturated rings. The summed E-state index contributed by atoms with van der Waals surface area (Å²) in [5.74, 6) is 0.335. The van der Waals surface area contributed by atoms with Crippen molar-refractivity contribution < 1.29 is 4.79 Å². The molecule has 2 nitrogen and oxygen atoms in total. The van der Waals surface area contributed by atoms with Gasteiger partial charge in [-0.3, -0.25) is 9.69 Å². The number of benzene rings is 1. The van der Waals surface area contributed by atoms with Gasteiger partial charge in [0, 0.05) is 17.0 Å². The first-order chi connectivity index (χ1) is 7.93. The summed E-state index contributed by atoms with van der Waals surface area (Å²) in [6, 6.07) is 7.91. The molecule has 0 N–H and O–H groups in total. The van der Waals surface area contributed by atoms with Crippen molar-refractivity contribution in [3.05, 3.63) is 34.9 Å². The van der Waals surface area contributed by atoms with Crippen LogP contribution in [0.25, 0.3) is 0 Å². The third-order valence-electron chi connectivity index (χ3n) is 3.07. The lowest BCUT2D eigenvalue weighted by atomic mass is 10.0. The Balaban J connectivity index is 2.73. The number of nitrogens with zero attached hydrogens (tertiary/aromatic N) is 1. The van der Waals surface area contributed by atoms with Crippen LogP contribution < -0.4 is 0 Å². The van der Waals surface area contributed by atoms with Gasteiger partial charge in [0.1, 0.15) is 5.78 Å². The average molecular weight is 254 g/mol. The number of hydrogen-bond donors (Lipinski definition) is 0. The number of carbonyl (C=O) groups excluding carboxylic acids is 1. The molecular formula is C14H20ClNO. The van der Waals surface area contributed by atoms with E-state index in [-0.39, 0.29) is 17.7 Å². The Hall–Kier alpha value is -0.860. The van der Waals surface area contributed by atoms with E-state index in [1.807, 2.05) is 50.1 Å². The van der Waals surface area contributed by atoms with Gasteiger partial charge in [-0.05, 0) is 25.6 Å². The highest BCUT2D eigenvalue weighted by atomic mass is 35.5. The molecule has 0 heterocycles. The summed E-state index contributed by atoms with van der Waals surface area (Å²) in [6.07, 6.45) is 0. The first-order valence-corrected chi connectivity index (χ1v) is 6.28. The maximum absolute atomic E-state index is 11.7. The Kier molecular flexibility index (Phi) is 5.16. The van der Waals surface area contributed by atoms with Crippen molar-refractivity contribution in [3.8, 4) is 0 Å². The van der Waals surface area contributed by atoms with E-state index in [0.29, 0.717) is 6.54 Å². The summed E-state index contributed by atoms with van der Waals surface area (Å²) in [7, 11) is 1.95. The fourth-order valence-corrected chi connectivity index (χ4v) is 1.91. The van der Waals surface area contributed by atoms with Crippen LogP contribution in [0.4, 0.5) is 0 Å². The molecule has 17 heavy (non-hydrogen) atoms. The van der Waals surface area contributed by atoms with Crippen LogP contribution >= 0.6 is 11.6 Å². The second-order valence-electron chi connectivity index (χ2n) is 4.73. The van der Waals surface area contributed by atoms with E-state index in [1.54, 1.807) is 0 Å². The largest absolute Gasteiger partial charge is 0.298 e. The summed E-state index contributed by atoms with van der Waals surface area (Å²) >= 11 is 6.15. The van der Waals surface area contributed by atoms with Crippen molar-refractivity contribution in [2.24, 2.45) is 5.92 Å². The standard InChI is InChI=1S/C14H20ClNO/c1-10(2)14(17)9-16(4)11(3)12-7-5-6-8-13(12)15/h5-8,10-11H,9H2,1-4H3. The molecule has 1 unspecified atom stereocenters. The zero-order valence-corrected chi connectivity index (χ0v) is 11.7. The van der Waals surface area contributed by atoms with Gasteiger partial charge in [0.15, 0.2) is 0 Å². The van der Waals surface area contributed by atoms with Crippen molar-refractivity contribution in [2.45, 2.75) is 26.8 Å². The predicted molar refractivity (Wildman–Crippen MR) is 72.3 cm³/mol. The average Bonchev–Trinajstić information content (AvgIpc) is 2.28. The summed E-state index contributed by atoms with van der Waals surface area (Å²) in [4.78, 5) is 13.7. The molecule has 0 bridgehead atoms. The molecule has 1 atom stereocenters. The monoisotopic (exact) mass is 253 g/mol. The second kappa shape index (κ2) is 6.18. The maximum atomic E-state index is 11.7. The molecule has 0 amide bonds. The minimum atomic E-state index is 0.0795. The van der Waals surface area contributed by atoms with E-state index in [4.69, 9.17) is 11.6 Å². The van der Waals surface area contributed by atoms with Gasteiger partial charge in [0.25, 0.3) is 0 Å². The van der Waals surface area contributed by atoms with Crippen molar-refractivity contribution in [1.29, 1.82) is 0 Å². The maximum Gasteiger partial charge on any atom is 0.149 e. The number of hydrogen-bond acceptors (Lipinski definition) is 2.